The van der Waals surface area contributed by atoms with Crippen molar-refractivity contribution < 1.29 is 9.53 Å². The molecule has 0 N–H and O–H groups in total. The fourth-order valence-electron chi connectivity index (χ4n) is 4.14. The molecule has 0 heterocycles. The van der Waals surface area contributed by atoms with Crippen LogP contribution < -0.4 is 0 Å². The van der Waals surface area contributed by atoms with E-state index >= 15 is 0 Å². The lowest BCUT2D eigenvalue weighted by Gasteiger charge is -2.39. The zero-order chi connectivity index (χ0) is 18.9. The maximum Gasteiger partial charge on any atom is 0.138 e. The maximum absolute atomic E-state index is 12.9. The first-order valence-corrected chi connectivity index (χ1v) is 11.2. The van der Waals surface area contributed by atoms with E-state index in [0.29, 0.717) is 29.5 Å². The first-order chi connectivity index (χ1) is 11.8. The van der Waals surface area contributed by atoms with Crippen LogP contribution in [0, 0.1) is 17.3 Å². The van der Waals surface area contributed by atoms with Gasteiger partial charge in [0.25, 0.3) is 0 Å². The highest BCUT2D eigenvalue weighted by Crippen LogP contribution is 2.42. The highest BCUT2D eigenvalue weighted by atomic mass is 32.2. The van der Waals surface area contributed by atoms with Crippen LogP contribution in [-0.4, -0.2) is 30.0 Å². The van der Waals surface area contributed by atoms with Crippen LogP contribution >= 0.6 is 11.8 Å². The van der Waals surface area contributed by atoms with Gasteiger partial charge >= 0.3 is 0 Å². The number of carbonyl (C=O) groups is 1. The number of hydrogen-bond donors (Lipinski definition) is 0. The number of thioether (sulfide) groups is 1. The zero-order valence-corrected chi connectivity index (χ0v) is 18.2. The van der Waals surface area contributed by atoms with E-state index in [1.54, 1.807) is 0 Å². The molecule has 4 atom stereocenters. The summed E-state index contributed by atoms with van der Waals surface area (Å²) < 4.78 is 5.61. The van der Waals surface area contributed by atoms with Crippen molar-refractivity contribution in [1.82, 2.24) is 0 Å². The summed E-state index contributed by atoms with van der Waals surface area (Å²) in [5.41, 5.74) is 0.0933. The Balaban J connectivity index is 2.37. The Morgan fingerprint density at radius 3 is 2.64 bits per heavy atom. The van der Waals surface area contributed by atoms with Gasteiger partial charge in [0.05, 0.1) is 6.10 Å². The predicted octanol–water partition coefficient (Wildman–Crippen LogP) is 6.29. The summed E-state index contributed by atoms with van der Waals surface area (Å²) >= 11 is 1.93. The highest BCUT2D eigenvalue weighted by Gasteiger charge is 2.39. The van der Waals surface area contributed by atoms with Gasteiger partial charge in [0.2, 0.25) is 0 Å². The third kappa shape index (κ3) is 7.86. The summed E-state index contributed by atoms with van der Waals surface area (Å²) in [4.78, 5) is 12.9. The van der Waals surface area contributed by atoms with Gasteiger partial charge in [0.1, 0.15) is 5.78 Å². The van der Waals surface area contributed by atoms with Gasteiger partial charge in [-0.05, 0) is 36.3 Å². The molecule has 0 aliphatic heterocycles. The van der Waals surface area contributed by atoms with Gasteiger partial charge < -0.3 is 4.74 Å². The molecule has 0 spiro atoms. The molecule has 0 aromatic carbocycles. The van der Waals surface area contributed by atoms with Crippen molar-refractivity contribution in [3.05, 3.63) is 12.2 Å². The van der Waals surface area contributed by atoms with Crippen LogP contribution in [0.4, 0.5) is 0 Å². The number of methoxy groups -OCH3 is 1. The van der Waals surface area contributed by atoms with Crippen LogP contribution in [0.5, 0.6) is 0 Å². The molecule has 0 amide bonds. The summed E-state index contributed by atoms with van der Waals surface area (Å²) in [6, 6.07) is 0. The van der Waals surface area contributed by atoms with E-state index in [9.17, 15) is 4.79 Å². The van der Waals surface area contributed by atoms with Gasteiger partial charge in [0.15, 0.2) is 0 Å². The molecular formula is C22H40O2S. The second-order valence-corrected chi connectivity index (χ2v) is 10.00. The van der Waals surface area contributed by atoms with Crippen LogP contribution in [0.25, 0.3) is 0 Å². The fourth-order valence-corrected chi connectivity index (χ4v) is 5.22. The van der Waals surface area contributed by atoms with E-state index < -0.39 is 0 Å². The number of unbranched alkanes of at least 4 members (excludes halogenated alkanes) is 2. The van der Waals surface area contributed by atoms with E-state index in [1.807, 2.05) is 18.9 Å². The van der Waals surface area contributed by atoms with E-state index in [4.69, 9.17) is 4.74 Å². The second-order valence-electron chi connectivity index (χ2n) is 8.45. The number of ether oxygens (including phenoxy) is 1. The van der Waals surface area contributed by atoms with E-state index in [1.165, 1.54) is 25.7 Å². The van der Waals surface area contributed by atoms with Gasteiger partial charge in [-0.15, -0.1) is 0 Å². The molecule has 0 fully saturated rings. The third-order valence-corrected chi connectivity index (χ3v) is 6.80. The van der Waals surface area contributed by atoms with E-state index in [-0.39, 0.29) is 11.3 Å². The summed E-state index contributed by atoms with van der Waals surface area (Å²) in [6.07, 6.45) is 12.6. The Kier molecular flexibility index (Phi) is 10.4. The summed E-state index contributed by atoms with van der Waals surface area (Å²) in [7, 11) is 1.83. The van der Waals surface area contributed by atoms with Crippen molar-refractivity contribution in [2.75, 3.05) is 12.9 Å². The first-order valence-electron chi connectivity index (χ1n) is 10.2. The van der Waals surface area contributed by atoms with Gasteiger partial charge in [-0.2, -0.15) is 11.8 Å². The lowest BCUT2D eigenvalue weighted by atomic mass is 9.65. The van der Waals surface area contributed by atoms with Crippen LogP contribution in [0.3, 0.4) is 0 Å². The average molecular weight is 369 g/mol. The van der Waals surface area contributed by atoms with Crippen LogP contribution in [0.1, 0.15) is 79.6 Å². The zero-order valence-electron chi connectivity index (χ0n) is 17.3. The molecule has 0 aromatic heterocycles. The number of rotatable bonds is 12. The van der Waals surface area contributed by atoms with Crippen LogP contribution in [0.2, 0.25) is 0 Å². The smallest absolute Gasteiger partial charge is 0.138 e. The average Bonchev–Trinajstić information content (AvgIpc) is 2.52. The molecule has 4 unspecified atom stereocenters. The quantitative estimate of drug-likeness (QED) is 0.299. The number of carbonyl (C=O) groups excluding carboxylic acids is 1. The lowest BCUT2D eigenvalue weighted by molar-refractivity contribution is -0.128. The Bertz CT molecular complexity index is 416. The number of Topliss-reactive ketones (excluding diaryl/α,β-unsaturated/α-hetero) is 1. The largest absolute Gasteiger partial charge is 0.381 e. The molecule has 2 nitrogen and oxygen atoms in total. The second kappa shape index (κ2) is 11.4. The predicted molar refractivity (Wildman–Crippen MR) is 111 cm³/mol. The van der Waals surface area contributed by atoms with Crippen molar-refractivity contribution in [3.8, 4) is 0 Å². The Morgan fingerprint density at radius 2 is 2.04 bits per heavy atom. The molecule has 146 valence electrons. The number of ketones is 1. The van der Waals surface area contributed by atoms with Gasteiger partial charge in [0, 0.05) is 24.7 Å². The monoisotopic (exact) mass is 368 g/mol. The number of hydrogen-bond acceptors (Lipinski definition) is 3. The Morgan fingerprint density at radius 1 is 1.32 bits per heavy atom. The van der Waals surface area contributed by atoms with Crippen molar-refractivity contribution in [1.29, 1.82) is 0 Å². The minimum absolute atomic E-state index is 0.0933. The summed E-state index contributed by atoms with van der Waals surface area (Å²) in [5, 5.41) is 0.398. The molecular weight excluding hydrogens is 328 g/mol. The minimum atomic E-state index is 0.0933. The number of allylic oxidation sites excluding steroid dienone is 2. The minimum Gasteiger partial charge on any atom is -0.381 e. The molecule has 0 bridgehead atoms. The van der Waals surface area contributed by atoms with Gasteiger partial charge in [-0.1, -0.05) is 66.0 Å². The molecule has 3 heteroatoms. The normalized spacial score (nSPS) is 24.9. The molecule has 25 heavy (non-hydrogen) atoms. The van der Waals surface area contributed by atoms with E-state index in [2.05, 4.69) is 46.8 Å². The maximum atomic E-state index is 12.9. The molecule has 1 aliphatic carbocycles. The van der Waals surface area contributed by atoms with Crippen molar-refractivity contribution in [3.63, 3.8) is 0 Å². The Hall–Kier alpha value is -0.280. The summed E-state index contributed by atoms with van der Waals surface area (Å²) in [6.45, 7) is 11.1. The molecule has 0 aromatic rings. The molecule has 0 radical (unpaired) electrons. The molecule has 0 saturated carbocycles. The molecule has 0 saturated heterocycles. The fraction of sp³-hybridized carbons (Fsp3) is 0.864. The van der Waals surface area contributed by atoms with Crippen molar-refractivity contribution >= 4 is 17.5 Å². The standard InChI is InChI=1S/C22H40O2S/c1-7-8-9-12-19(24-6)13-15-25-18(3)16-20(23)21-17(2)11-10-14-22(21,4)5/h10-11,17-19,21H,7-9,12-16H2,1-6H3. The van der Waals surface area contributed by atoms with Crippen LogP contribution in [0.15, 0.2) is 12.2 Å². The van der Waals surface area contributed by atoms with Crippen molar-refractivity contribution in [2.45, 2.75) is 90.9 Å². The van der Waals surface area contributed by atoms with Gasteiger partial charge in [-0.3, -0.25) is 4.79 Å². The third-order valence-electron chi connectivity index (χ3n) is 5.59. The van der Waals surface area contributed by atoms with E-state index in [0.717, 1.165) is 18.6 Å². The molecule has 1 aliphatic rings. The molecule has 1 rings (SSSR count). The topological polar surface area (TPSA) is 26.3 Å². The highest BCUT2D eigenvalue weighted by molar-refractivity contribution is 7.99. The summed E-state index contributed by atoms with van der Waals surface area (Å²) in [5.74, 6) is 2.07. The first kappa shape index (κ1) is 22.8. The van der Waals surface area contributed by atoms with Crippen molar-refractivity contribution in [2.24, 2.45) is 17.3 Å². The van der Waals surface area contributed by atoms with Crippen LogP contribution in [-0.2, 0) is 9.53 Å². The lowest BCUT2D eigenvalue weighted by Crippen LogP contribution is -2.38. The van der Waals surface area contributed by atoms with Gasteiger partial charge in [-0.25, -0.2) is 0 Å². The Labute approximate surface area is 160 Å². The SMILES string of the molecule is CCCCCC(CCSC(C)CC(=O)C1C(C)C=CCC1(C)C)OC.